The molecule has 0 saturated carbocycles. The number of hydrogen-bond acceptors (Lipinski definition) is 12. The minimum absolute atomic E-state index is 0.208. The number of benzene rings is 4. The molecular formula is C50H58N8O10S2. The van der Waals surface area contributed by atoms with Crippen LogP contribution in [0.1, 0.15) is 72.6 Å². The summed E-state index contributed by atoms with van der Waals surface area (Å²) in [5, 5.41) is 0. The first-order chi connectivity index (χ1) is 33.7. The van der Waals surface area contributed by atoms with Crippen molar-refractivity contribution in [3.63, 3.8) is 0 Å². The zero-order valence-electron chi connectivity index (χ0n) is 39.5. The molecule has 20 heteroatoms. The Labute approximate surface area is 408 Å². The standard InChI is InChI=1S/C50H58N8O10S2/c1-65-27-29-67-45-37(33-19-21-34(22-20-33)39-31-51-47(53-39)41-17-11-25-57(41)49(59)43(55-69(3,61)62)35-13-7-5-8-14-35)23-24-38(46(45)68-30-28-66-2)40-32-52-48(54-40)42-18-12-26-58(42)50(60)44(56-70(4,63)64)36-15-9-6-10-16-36/h5-10,13-16,19-24,31-32,41-44,55-56H,11-12,17-18,25-30H2,1-4H3,(H,51,53)(H,52,54)/t41-,42-,43+,44+/m0/s1. The second kappa shape index (κ2) is 22.1. The van der Waals surface area contributed by atoms with E-state index in [4.69, 9.17) is 28.9 Å². The molecule has 0 spiro atoms. The first-order valence-corrected chi connectivity index (χ1v) is 26.8. The SMILES string of the molecule is COCCOc1c(-c2ccc(-c3cnc([C@@H]4CCCN4C(=O)[C@H](NS(C)(=O)=O)c4ccccc4)[nH]3)cc2)ccc(-c2cnc([C@@H]3CCCN3C(=O)[C@H](NS(C)(=O)=O)c3ccccc3)[nH]2)c1OCCOC. The van der Waals surface area contributed by atoms with E-state index in [1.54, 1.807) is 84.9 Å². The summed E-state index contributed by atoms with van der Waals surface area (Å²) in [6.45, 7) is 1.92. The maximum atomic E-state index is 14.2. The molecule has 370 valence electrons. The van der Waals surface area contributed by atoms with Crippen molar-refractivity contribution in [2.24, 2.45) is 0 Å². The van der Waals surface area contributed by atoms with Crippen LogP contribution in [0.2, 0.25) is 0 Å². The van der Waals surface area contributed by atoms with Gasteiger partial charge in [0.05, 0.1) is 61.6 Å². The highest BCUT2D eigenvalue weighted by molar-refractivity contribution is 7.89. The fraction of sp³-hybridized carbons (Fsp3) is 0.360. The Morgan fingerprint density at radius 3 is 1.50 bits per heavy atom. The second-order valence-electron chi connectivity index (χ2n) is 17.3. The molecular weight excluding hydrogens is 937 g/mol. The monoisotopic (exact) mass is 994 g/mol. The first kappa shape index (κ1) is 50.0. The zero-order chi connectivity index (χ0) is 49.4. The topological polar surface area (TPSA) is 227 Å². The fourth-order valence-corrected chi connectivity index (χ4v) is 10.4. The molecule has 4 heterocycles. The highest BCUT2D eigenvalue weighted by atomic mass is 32.2. The number of H-pyrrole nitrogens is 2. The van der Waals surface area contributed by atoms with Crippen LogP contribution in [0.25, 0.3) is 33.6 Å². The number of imidazole rings is 2. The summed E-state index contributed by atoms with van der Waals surface area (Å²) < 4.78 is 78.4. The maximum absolute atomic E-state index is 14.2. The van der Waals surface area contributed by atoms with Crippen LogP contribution < -0.4 is 18.9 Å². The zero-order valence-corrected chi connectivity index (χ0v) is 41.1. The molecule has 70 heavy (non-hydrogen) atoms. The quantitative estimate of drug-likeness (QED) is 0.0601. The minimum atomic E-state index is -3.74. The van der Waals surface area contributed by atoms with Crippen LogP contribution in [0.5, 0.6) is 11.5 Å². The van der Waals surface area contributed by atoms with E-state index in [1.165, 1.54) is 0 Å². The van der Waals surface area contributed by atoms with Crippen LogP contribution >= 0.6 is 0 Å². The Kier molecular flexibility index (Phi) is 15.8. The molecule has 4 atom stereocenters. The van der Waals surface area contributed by atoms with Crippen LogP contribution in [-0.2, 0) is 39.1 Å². The molecule has 2 saturated heterocycles. The molecule has 4 aromatic carbocycles. The number of ether oxygens (including phenoxy) is 4. The predicted octanol–water partition coefficient (Wildman–Crippen LogP) is 6.09. The van der Waals surface area contributed by atoms with Crippen molar-refractivity contribution >= 4 is 31.9 Å². The van der Waals surface area contributed by atoms with E-state index in [2.05, 4.69) is 19.4 Å². The number of methoxy groups -OCH3 is 2. The van der Waals surface area contributed by atoms with Crippen molar-refractivity contribution < 1.29 is 45.4 Å². The van der Waals surface area contributed by atoms with Gasteiger partial charge >= 0.3 is 0 Å². The summed E-state index contributed by atoms with van der Waals surface area (Å²) in [6.07, 6.45) is 8.23. The Hall–Kier alpha value is -6.42. The van der Waals surface area contributed by atoms with Gasteiger partial charge in [0.1, 0.15) is 36.9 Å². The van der Waals surface area contributed by atoms with Gasteiger partial charge in [-0.25, -0.2) is 26.8 Å². The molecule has 0 bridgehead atoms. The Bertz CT molecular complexity index is 2970. The van der Waals surface area contributed by atoms with Gasteiger partial charge in [-0.2, -0.15) is 9.44 Å². The summed E-state index contributed by atoms with van der Waals surface area (Å²) in [5.74, 6) is 1.35. The number of carbonyl (C=O) groups is 2. The summed E-state index contributed by atoms with van der Waals surface area (Å²) in [4.78, 5) is 48.0. The molecule has 2 aromatic heterocycles. The van der Waals surface area contributed by atoms with Gasteiger partial charge in [0.25, 0.3) is 0 Å². The van der Waals surface area contributed by atoms with Crippen molar-refractivity contribution in [3.05, 3.63) is 132 Å². The predicted molar refractivity (Wildman–Crippen MR) is 263 cm³/mol. The molecule has 2 aliphatic rings. The van der Waals surface area contributed by atoms with Gasteiger partial charge in [0.2, 0.25) is 31.9 Å². The first-order valence-electron chi connectivity index (χ1n) is 23.0. The molecule has 4 N–H and O–H groups in total. The van der Waals surface area contributed by atoms with Crippen LogP contribution in [0, 0.1) is 0 Å². The van der Waals surface area contributed by atoms with Gasteiger partial charge in [-0.1, -0.05) is 84.9 Å². The second-order valence-corrected chi connectivity index (χ2v) is 20.8. The molecule has 0 aliphatic carbocycles. The highest BCUT2D eigenvalue weighted by Gasteiger charge is 2.39. The summed E-state index contributed by atoms with van der Waals surface area (Å²) in [6, 6.07) is 26.4. The normalized spacial score (nSPS) is 17.1. The molecule has 2 aliphatic heterocycles. The minimum Gasteiger partial charge on any atom is -0.487 e. The Morgan fingerprint density at radius 1 is 0.600 bits per heavy atom. The lowest BCUT2D eigenvalue weighted by molar-refractivity contribution is -0.135. The molecule has 2 amide bonds. The van der Waals surface area contributed by atoms with Gasteiger partial charge in [-0.15, -0.1) is 0 Å². The number of nitrogens with one attached hydrogen (secondary N) is 4. The fourth-order valence-electron chi connectivity index (χ4n) is 9.07. The van der Waals surface area contributed by atoms with Gasteiger partial charge < -0.3 is 38.7 Å². The van der Waals surface area contributed by atoms with Crippen molar-refractivity contribution in [2.75, 3.05) is 66.2 Å². The summed E-state index contributed by atoms with van der Waals surface area (Å²) in [5.41, 5.74) is 5.54. The molecule has 0 unspecified atom stereocenters. The average molecular weight is 995 g/mol. The van der Waals surface area contributed by atoms with E-state index in [9.17, 15) is 26.4 Å². The molecule has 8 rings (SSSR count). The lowest BCUT2D eigenvalue weighted by atomic mass is 9.98. The van der Waals surface area contributed by atoms with Crippen LogP contribution in [-0.4, -0.2) is 125 Å². The average Bonchev–Trinajstić information content (AvgIpc) is 4.21. The molecule has 18 nitrogen and oxygen atoms in total. The third kappa shape index (κ3) is 11.8. The molecule has 6 aromatic rings. The smallest absolute Gasteiger partial charge is 0.245 e. The van der Waals surface area contributed by atoms with Crippen molar-refractivity contribution in [2.45, 2.75) is 49.9 Å². The third-order valence-electron chi connectivity index (χ3n) is 12.3. The summed E-state index contributed by atoms with van der Waals surface area (Å²) >= 11 is 0. The summed E-state index contributed by atoms with van der Waals surface area (Å²) in [7, 11) is -4.26. The number of aromatic nitrogens is 4. The van der Waals surface area contributed by atoms with E-state index in [1.807, 2.05) is 48.5 Å². The number of amides is 2. The Balaban J connectivity index is 1.06. The third-order valence-corrected chi connectivity index (χ3v) is 13.6. The van der Waals surface area contributed by atoms with Gasteiger partial charge in [0.15, 0.2) is 11.5 Å². The van der Waals surface area contributed by atoms with E-state index >= 15 is 0 Å². The molecule has 2 fully saturated rings. The lowest BCUT2D eigenvalue weighted by Gasteiger charge is -2.28. The van der Waals surface area contributed by atoms with Gasteiger partial charge in [-0.05, 0) is 60.1 Å². The largest absolute Gasteiger partial charge is 0.487 e. The van der Waals surface area contributed by atoms with Crippen LogP contribution in [0.3, 0.4) is 0 Å². The van der Waals surface area contributed by atoms with Crippen molar-refractivity contribution in [3.8, 4) is 45.1 Å². The number of rotatable bonds is 21. The van der Waals surface area contributed by atoms with Crippen molar-refractivity contribution in [1.29, 1.82) is 0 Å². The number of carbonyl (C=O) groups excluding carboxylic acids is 2. The number of nitrogens with zero attached hydrogens (tertiary/aromatic N) is 4. The number of aromatic amines is 2. The molecule has 0 radical (unpaired) electrons. The van der Waals surface area contributed by atoms with Gasteiger partial charge in [0, 0.05) is 38.4 Å². The lowest BCUT2D eigenvalue weighted by Crippen LogP contribution is -2.42. The van der Waals surface area contributed by atoms with E-state index in [0.717, 1.165) is 41.3 Å². The van der Waals surface area contributed by atoms with E-state index in [-0.39, 0.29) is 31.1 Å². The Morgan fingerprint density at radius 2 is 1.03 bits per heavy atom. The number of sulfonamides is 2. The number of hydrogen-bond donors (Lipinski definition) is 4. The van der Waals surface area contributed by atoms with Crippen LogP contribution in [0.15, 0.2) is 109 Å². The van der Waals surface area contributed by atoms with Gasteiger partial charge in [-0.3, -0.25) is 9.59 Å². The van der Waals surface area contributed by atoms with E-state index in [0.29, 0.717) is 91.1 Å². The highest BCUT2D eigenvalue weighted by Crippen LogP contribution is 2.46. The van der Waals surface area contributed by atoms with Crippen molar-refractivity contribution in [1.82, 2.24) is 39.2 Å². The number of likely N-dealkylation sites (tertiary alicyclic amines) is 2. The van der Waals surface area contributed by atoms with Crippen LogP contribution in [0.4, 0.5) is 0 Å². The van der Waals surface area contributed by atoms with E-state index < -0.39 is 38.2 Å². The maximum Gasteiger partial charge on any atom is 0.245 e.